The average Bonchev–Trinajstić information content (AvgIpc) is 2.34. The molecule has 0 bridgehead atoms. The lowest BCUT2D eigenvalue weighted by Gasteiger charge is -2.08. The van der Waals surface area contributed by atoms with Gasteiger partial charge in [-0.1, -0.05) is 11.6 Å². The van der Waals surface area contributed by atoms with Crippen molar-refractivity contribution in [2.24, 2.45) is 0 Å². The molecule has 17 heavy (non-hydrogen) atoms. The van der Waals surface area contributed by atoms with E-state index in [1.165, 1.54) is 0 Å². The lowest BCUT2D eigenvalue weighted by Crippen LogP contribution is -1.93. The summed E-state index contributed by atoms with van der Waals surface area (Å²) in [7, 11) is 0. The molecule has 1 heterocycles. The summed E-state index contributed by atoms with van der Waals surface area (Å²) in [6.07, 6.45) is 1.74. The van der Waals surface area contributed by atoms with Crippen LogP contribution in [0.2, 0.25) is 5.02 Å². The summed E-state index contributed by atoms with van der Waals surface area (Å²) in [5.41, 5.74) is 3.13. The number of nitrogens with one attached hydrogen (secondary N) is 1. The summed E-state index contributed by atoms with van der Waals surface area (Å²) in [4.78, 5) is 4.18. The number of rotatable bonds is 2. The largest absolute Gasteiger partial charge is 0.353 e. The molecule has 4 heteroatoms. The minimum atomic E-state index is 0.518. The van der Waals surface area contributed by atoms with Crippen LogP contribution < -0.4 is 5.32 Å². The smallest absolute Gasteiger partial charge is 0.0992 e. The molecule has 0 aliphatic heterocycles. The first-order chi connectivity index (χ1) is 8.19. The van der Waals surface area contributed by atoms with Crippen LogP contribution in [0.15, 0.2) is 36.5 Å². The van der Waals surface area contributed by atoms with Crippen LogP contribution in [0.1, 0.15) is 11.3 Å². The molecule has 0 fully saturated rings. The summed E-state index contributed by atoms with van der Waals surface area (Å²) in [6, 6.07) is 11.0. The number of pyridine rings is 1. The zero-order valence-electron chi connectivity index (χ0n) is 9.24. The number of hydrogen-bond acceptors (Lipinski definition) is 3. The van der Waals surface area contributed by atoms with Gasteiger partial charge in [0.15, 0.2) is 0 Å². The monoisotopic (exact) mass is 243 g/mol. The van der Waals surface area contributed by atoms with Crippen LogP contribution in [0.3, 0.4) is 0 Å². The van der Waals surface area contributed by atoms with Crippen molar-refractivity contribution >= 4 is 23.0 Å². The van der Waals surface area contributed by atoms with E-state index in [2.05, 4.69) is 10.3 Å². The van der Waals surface area contributed by atoms with Gasteiger partial charge in [0.2, 0.25) is 0 Å². The fourth-order valence-electron chi connectivity index (χ4n) is 1.38. The molecular formula is C13H10ClN3. The molecule has 0 radical (unpaired) electrons. The second-order valence-electron chi connectivity index (χ2n) is 3.62. The van der Waals surface area contributed by atoms with Crippen molar-refractivity contribution in [3.8, 4) is 6.07 Å². The quantitative estimate of drug-likeness (QED) is 0.876. The number of benzene rings is 1. The highest BCUT2D eigenvalue weighted by atomic mass is 35.5. The summed E-state index contributed by atoms with van der Waals surface area (Å²) >= 11 is 6.06. The Labute approximate surface area is 105 Å². The first kappa shape index (κ1) is 11.4. The lowest BCUT2D eigenvalue weighted by atomic mass is 10.2. The Bertz CT molecular complexity index is 570. The van der Waals surface area contributed by atoms with Crippen molar-refractivity contribution in [3.63, 3.8) is 0 Å². The first-order valence-corrected chi connectivity index (χ1v) is 5.46. The number of hydrogen-bond donors (Lipinski definition) is 1. The van der Waals surface area contributed by atoms with Gasteiger partial charge in [-0.3, -0.25) is 4.98 Å². The van der Waals surface area contributed by atoms with Gasteiger partial charge in [-0.2, -0.15) is 5.26 Å². The van der Waals surface area contributed by atoms with Crippen LogP contribution in [0.5, 0.6) is 0 Å². The highest BCUT2D eigenvalue weighted by Gasteiger charge is 2.02. The van der Waals surface area contributed by atoms with Crippen LogP contribution in [0.4, 0.5) is 11.4 Å². The molecule has 1 aromatic heterocycles. The maximum atomic E-state index is 8.73. The highest BCUT2D eigenvalue weighted by Crippen LogP contribution is 2.25. The first-order valence-electron chi connectivity index (χ1n) is 5.08. The van der Waals surface area contributed by atoms with Gasteiger partial charge in [-0.05, 0) is 37.3 Å². The van der Waals surface area contributed by atoms with Gasteiger partial charge in [0.25, 0.3) is 0 Å². The molecule has 0 atom stereocenters. The van der Waals surface area contributed by atoms with Crippen LogP contribution >= 0.6 is 11.6 Å². The minimum Gasteiger partial charge on any atom is -0.353 e. The van der Waals surface area contributed by atoms with Crippen molar-refractivity contribution < 1.29 is 0 Å². The Morgan fingerprint density at radius 2 is 2.12 bits per heavy atom. The molecule has 0 aliphatic rings. The SMILES string of the molecule is Cc1ccc(Nc2ccc(C#N)cc2Cl)cn1. The highest BCUT2D eigenvalue weighted by molar-refractivity contribution is 6.33. The summed E-state index contributed by atoms with van der Waals surface area (Å²) in [5, 5.41) is 12.4. The molecule has 0 aliphatic carbocycles. The summed E-state index contributed by atoms with van der Waals surface area (Å²) in [5.74, 6) is 0. The number of nitriles is 1. The van der Waals surface area contributed by atoms with Crippen molar-refractivity contribution in [1.82, 2.24) is 4.98 Å². The van der Waals surface area contributed by atoms with Gasteiger partial charge >= 0.3 is 0 Å². The summed E-state index contributed by atoms with van der Waals surface area (Å²) in [6.45, 7) is 1.93. The van der Waals surface area contributed by atoms with E-state index in [0.717, 1.165) is 17.1 Å². The molecule has 2 rings (SSSR count). The van der Waals surface area contributed by atoms with Crippen molar-refractivity contribution in [2.45, 2.75) is 6.92 Å². The number of halogens is 1. The molecular weight excluding hydrogens is 234 g/mol. The molecule has 0 amide bonds. The fraction of sp³-hybridized carbons (Fsp3) is 0.0769. The van der Waals surface area contributed by atoms with Crippen molar-refractivity contribution in [1.29, 1.82) is 5.26 Å². The number of nitrogens with zero attached hydrogens (tertiary/aromatic N) is 2. The van der Waals surface area contributed by atoms with E-state index in [1.807, 2.05) is 25.1 Å². The van der Waals surface area contributed by atoms with E-state index in [4.69, 9.17) is 16.9 Å². The Hall–Kier alpha value is -2.05. The fourth-order valence-corrected chi connectivity index (χ4v) is 1.61. The van der Waals surface area contributed by atoms with Crippen molar-refractivity contribution in [2.75, 3.05) is 5.32 Å². The zero-order valence-corrected chi connectivity index (χ0v) is 9.99. The van der Waals surface area contributed by atoms with Crippen molar-refractivity contribution in [3.05, 3.63) is 52.8 Å². The van der Waals surface area contributed by atoms with E-state index < -0.39 is 0 Å². The molecule has 1 N–H and O–H groups in total. The second kappa shape index (κ2) is 4.86. The predicted octanol–water partition coefficient (Wildman–Crippen LogP) is 3.66. The molecule has 84 valence electrons. The number of anilines is 2. The number of aryl methyl sites for hydroxylation is 1. The van der Waals surface area contributed by atoms with Crippen LogP contribution in [-0.4, -0.2) is 4.98 Å². The van der Waals surface area contributed by atoms with Gasteiger partial charge in [0, 0.05) is 5.69 Å². The maximum absolute atomic E-state index is 8.73. The molecule has 0 spiro atoms. The van der Waals surface area contributed by atoms with Crippen LogP contribution in [0.25, 0.3) is 0 Å². The van der Waals surface area contributed by atoms with Crippen LogP contribution in [-0.2, 0) is 0 Å². The maximum Gasteiger partial charge on any atom is 0.0992 e. The number of aromatic nitrogens is 1. The second-order valence-corrected chi connectivity index (χ2v) is 4.03. The molecule has 2 aromatic rings. The predicted molar refractivity (Wildman–Crippen MR) is 68.4 cm³/mol. The van der Waals surface area contributed by atoms with Crippen LogP contribution in [0, 0.1) is 18.3 Å². The topological polar surface area (TPSA) is 48.7 Å². The normalized spacial score (nSPS) is 9.71. The molecule has 0 unspecified atom stereocenters. The molecule has 0 saturated heterocycles. The third-order valence-corrected chi connectivity index (χ3v) is 2.60. The average molecular weight is 244 g/mol. The Morgan fingerprint density at radius 3 is 2.71 bits per heavy atom. The van der Waals surface area contributed by atoms with E-state index in [-0.39, 0.29) is 0 Å². The third kappa shape index (κ3) is 2.74. The van der Waals surface area contributed by atoms with E-state index in [1.54, 1.807) is 24.4 Å². The van der Waals surface area contributed by atoms with E-state index in [0.29, 0.717) is 10.6 Å². The Kier molecular flexibility index (Phi) is 3.27. The third-order valence-electron chi connectivity index (χ3n) is 2.29. The molecule has 0 saturated carbocycles. The standard InChI is InChI=1S/C13H10ClN3/c1-9-2-4-11(8-16-9)17-13-5-3-10(7-15)6-12(13)14/h2-6,8,17H,1H3. The van der Waals surface area contributed by atoms with E-state index in [9.17, 15) is 0 Å². The van der Waals surface area contributed by atoms with E-state index >= 15 is 0 Å². The molecule has 3 nitrogen and oxygen atoms in total. The Morgan fingerprint density at radius 1 is 1.29 bits per heavy atom. The van der Waals surface area contributed by atoms with Gasteiger partial charge in [-0.15, -0.1) is 0 Å². The molecule has 1 aromatic carbocycles. The van der Waals surface area contributed by atoms with Gasteiger partial charge in [0.05, 0.1) is 34.2 Å². The van der Waals surface area contributed by atoms with Gasteiger partial charge < -0.3 is 5.32 Å². The summed E-state index contributed by atoms with van der Waals surface area (Å²) < 4.78 is 0. The Balaban J connectivity index is 2.25. The minimum absolute atomic E-state index is 0.518. The van der Waals surface area contributed by atoms with Gasteiger partial charge in [-0.25, -0.2) is 0 Å². The van der Waals surface area contributed by atoms with Gasteiger partial charge in [0.1, 0.15) is 0 Å². The lowest BCUT2D eigenvalue weighted by molar-refractivity contribution is 1.20. The zero-order chi connectivity index (χ0) is 12.3.